The number of H-pyrrole nitrogens is 1. The van der Waals surface area contributed by atoms with Crippen molar-refractivity contribution >= 4 is 16.9 Å². The summed E-state index contributed by atoms with van der Waals surface area (Å²) in [5.41, 5.74) is -0.182. The SMILES string of the molecule is C[C@@H]1CN(C(=O)c2ccc3nc(C(F)(F)F)[nH]c3c2)CC[C@]1(C)O. The lowest BCUT2D eigenvalue weighted by atomic mass is 9.84. The van der Waals surface area contributed by atoms with Crippen LogP contribution < -0.4 is 0 Å². The number of carbonyl (C=O) groups is 1. The van der Waals surface area contributed by atoms with Crippen molar-refractivity contribution in [1.82, 2.24) is 14.9 Å². The molecule has 0 bridgehead atoms. The zero-order valence-electron chi connectivity index (χ0n) is 13.3. The number of nitrogens with zero attached hydrogens (tertiary/aromatic N) is 2. The zero-order valence-corrected chi connectivity index (χ0v) is 13.3. The third-order valence-corrected chi connectivity index (χ3v) is 4.73. The molecule has 1 aromatic heterocycles. The Bertz CT molecular complexity index is 782. The molecule has 1 aliphatic rings. The van der Waals surface area contributed by atoms with Gasteiger partial charge < -0.3 is 15.0 Å². The first-order chi connectivity index (χ1) is 11.1. The number of aromatic amines is 1. The fraction of sp³-hybridized carbons (Fsp3) is 0.500. The van der Waals surface area contributed by atoms with Gasteiger partial charge in [0.1, 0.15) is 0 Å². The third-order valence-electron chi connectivity index (χ3n) is 4.73. The van der Waals surface area contributed by atoms with Gasteiger partial charge in [0.15, 0.2) is 0 Å². The van der Waals surface area contributed by atoms with Gasteiger partial charge in [0.2, 0.25) is 5.82 Å². The summed E-state index contributed by atoms with van der Waals surface area (Å²) in [6.45, 7) is 4.42. The molecule has 2 heterocycles. The third kappa shape index (κ3) is 2.98. The average Bonchev–Trinajstić information content (AvgIpc) is 2.92. The van der Waals surface area contributed by atoms with Gasteiger partial charge in [-0.15, -0.1) is 0 Å². The Labute approximate surface area is 136 Å². The second kappa shape index (κ2) is 5.47. The highest BCUT2D eigenvalue weighted by atomic mass is 19.4. The van der Waals surface area contributed by atoms with Crippen molar-refractivity contribution < 1.29 is 23.1 Å². The van der Waals surface area contributed by atoms with Gasteiger partial charge in [0.05, 0.1) is 16.6 Å². The molecule has 8 heteroatoms. The van der Waals surface area contributed by atoms with Crippen molar-refractivity contribution in [2.75, 3.05) is 13.1 Å². The molecule has 0 spiro atoms. The smallest absolute Gasteiger partial charge is 0.390 e. The van der Waals surface area contributed by atoms with E-state index in [0.29, 0.717) is 25.1 Å². The Hall–Kier alpha value is -2.09. The Morgan fingerprint density at radius 3 is 2.79 bits per heavy atom. The number of fused-ring (bicyclic) bond motifs is 1. The molecule has 1 aromatic carbocycles. The first-order valence-electron chi connectivity index (χ1n) is 7.66. The van der Waals surface area contributed by atoms with E-state index in [4.69, 9.17) is 0 Å². The first-order valence-corrected chi connectivity index (χ1v) is 7.66. The van der Waals surface area contributed by atoms with E-state index >= 15 is 0 Å². The Balaban J connectivity index is 1.85. The summed E-state index contributed by atoms with van der Waals surface area (Å²) in [5.74, 6) is -1.42. The number of nitrogens with one attached hydrogen (secondary N) is 1. The second-order valence-electron chi connectivity index (χ2n) is 6.57. The highest BCUT2D eigenvalue weighted by Gasteiger charge is 2.37. The standard InChI is InChI=1S/C16H18F3N3O2/c1-9-8-22(6-5-15(9,2)24)13(23)10-3-4-11-12(7-10)21-14(20-11)16(17,18)19/h3-4,7,9,24H,5-6,8H2,1-2H3,(H,20,21)/t9-,15+/m1/s1. The summed E-state index contributed by atoms with van der Waals surface area (Å²) >= 11 is 0. The number of carbonyl (C=O) groups excluding carboxylic acids is 1. The molecule has 5 nitrogen and oxygen atoms in total. The number of alkyl halides is 3. The van der Waals surface area contributed by atoms with Crippen LogP contribution in [0.1, 0.15) is 36.5 Å². The normalized spacial score (nSPS) is 25.2. The minimum Gasteiger partial charge on any atom is -0.390 e. The van der Waals surface area contributed by atoms with Crippen LogP contribution in [0.15, 0.2) is 18.2 Å². The topological polar surface area (TPSA) is 69.2 Å². The molecule has 1 saturated heterocycles. The number of likely N-dealkylation sites (tertiary alicyclic amines) is 1. The van der Waals surface area contributed by atoms with Gasteiger partial charge in [-0.1, -0.05) is 6.92 Å². The van der Waals surface area contributed by atoms with E-state index in [1.54, 1.807) is 11.8 Å². The monoisotopic (exact) mass is 341 g/mol. The summed E-state index contributed by atoms with van der Waals surface area (Å²) in [6.07, 6.45) is -4.10. The number of aromatic nitrogens is 2. The Morgan fingerprint density at radius 2 is 2.17 bits per heavy atom. The maximum absolute atomic E-state index is 12.7. The predicted octanol–water partition coefficient (Wildman–Crippen LogP) is 2.81. The molecule has 2 N–H and O–H groups in total. The molecule has 130 valence electrons. The minimum absolute atomic E-state index is 0.0806. The van der Waals surface area contributed by atoms with Gasteiger partial charge in [-0.2, -0.15) is 13.2 Å². The Kier molecular flexibility index (Phi) is 3.82. The maximum Gasteiger partial charge on any atom is 0.449 e. The number of hydrogen-bond acceptors (Lipinski definition) is 3. The van der Waals surface area contributed by atoms with Crippen molar-refractivity contribution in [3.8, 4) is 0 Å². The summed E-state index contributed by atoms with van der Waals surface area (Å²) < 4.78 is 38.1. The van der Waals surface area contributed by atoms with Gasteiger partial charge in [0.25, 0.3) is 5.91 Å². The number of hydrogen-bond donors (Lipinski definition) is 2. The molecule has 1 aliphatic heterocycles. The van der Waals surface area contributed by atoms with E-state index < -0.39 is 17.6 Å². The number of rotatable bonds is 1. The second-order valence-corrected chi connectivity index (χ2v) is 6.57. The van der Waals surface area contributed by atoms with Crippen LogP contribution in [0.25, 0.3) is 11.0 Å². The van der Waals surface area contributed by atoms with Gasteiger partial charge in [0, 0.05) is 24.6 Å². The summed E-state index contributed by atoms with van der Waals surface area (Å²) in [7, 11) is 0. The minimum atomic E-state index is -4.56. The van der Waals surface area contributed by atoms with Crippen LogP contribution in [-0.2, 0) is 6.18 Å². The van der Waals surface area contributed by atoms with E-state index in [1.807, 2.05) is 6.92 Å². The van der Waals surface area contributed by atoms with Crippen molar-refractivity contribution in [3.05, 3.63) is 29.6 Å². The molecule has 3 rings (SSSR count). The lowest BCUT2D eigenvalue weighted by molar-refractivity contribution is -0.144. The predicted molar refractivity (Wildman–Crippen MR) is 81.4 cm³/mol. The van der Waals surface area contributed by atoms with Crippen LogP contribution in [-0.4, -0.2) is 44.6 Å². The number of halogens is 3. The van der Waals surface area contributed by atoms with Crippen LogP contribution in [0.2, 0.25) is 0 Å². The fourth-order valence-electron chi connectivity index (χ4n) is 2.87. The lowest BCUT2D eigenvalue weighted by Gasteiger charge is -2.41. The lowest BCUT2D eigenvalue weighted by Crippen LogP contribution is -2.50. The van der Waals surface area contributed by atoms with Gasteiger partial charge in [-0.3, -0.25) is 4.79 Å². The summed E-state index contributed by atoms with van der Waals surface area (Å²) in [5, 5.41) is 10.2. The zero-order chi connectivity index (χ0) is 17.7. The van der Waals surface area contributed by atoms with Crippen molar-refractivity contribution in [1.29, 1.82) is 0 Å². The fourth-order valence-corrected chi connectivity index (χ4v) is 2.87. The molecule has 1 fully saturated rings. The molecule has 0 saturated carbocycles. The van der Waals surface area contributed by atoms with Crippen LogP contribution in [0.3, 0.4) is 0 Å². The molecule has 0 aliphatic carbocycles. The van der Waals surface area contributed by atoms with Gasteiger partial charge in [-0.05, 0) is 31.5 Å². The maximum atomic E-state index is 12.7. The van der Waals surface area contributed by atoms with Gasteiger partial charge in [-0.25, -0.2) is 4.98 Å². The van der Waals surface area contributed by atoms with E-state index in [0.717, 1.165) is 0 Å². The van der Waals surface area contributed by atoms with Crippen molar-refractivity contribution in [3.63, 3.8) is 0 Å². The van der Waals surface area contributed by atoms with Crippen LogP contribution in [0, 0.1) is 5.92 Å². The van der Waals surface area contributed by atoms with E-state index in [-0.39, 0.29) is 22.9 Å². The number of amides is 1. The highest BCUT2D eigenvalue weighted by molar-refractivity contribution is 5.97. The van der Waals surface area contributed by atoms with Crippen molar-refractivity contribution in [2.45, 2.75) is 32.0 Å². The molecular weight excluding hydrogens is 323 g/mol. The number of imidazole rings is 1. The van der Waals surface area contributed by atoms with E-state index in [9.17, 15) is 23.1 Å². The van der Waals surface area contributed by atoms with Crippen LogP contribution in [0.5, 0.6) is 0 Å². The highest BCUT2D eigenvalue weighted by Crippen LogP contribution is 2.30. The molecule has 1 amide bonds. The molecule has 0 radical (unpaired) electrons. The summed E-state index contributed by atoms with van der Waals surface area (Å²) in [6, 6.07) is 4.26. The number of benzene rings is 1. The number of piperidine rings is 1. The van der Waals surface area contributed by atoms with Gasteiger partial charge >= 0.3 is 6.18 Å². The molecule has 2 atom stereocenters. The van der Waals surface area contributed by atoms with Crippen LogP contribution >= 0.6 is 0 Å². The molecule has 2 aromatic rings. The Morgan fingerprint density at radius 1 is 1.46 bits per heavy atom. The van der Waals surface area contributed by atoms with E-state index in [2.05, 4.69) is 9.97 Å². The largest absolute Gasteiger partial charge is 0.449 e. The average molecular weight is 341 g/mol. The van der Waals surface area contributed by atoms with Crippen molar-refractivity contribution in [2.24, 2.45) is 5.92 Å². The quantitative estimate of drug-likeness (QED) is 0.838. The van der Waals surface area contributed by atoms with E-state index in [1.165, 1.54) is 18.2 Å². The molecular formula is C16H18F3N3O2. The summed E-state index contributed by atoms with van der Waals surface area (Å²) in [4.78, 5) is 19.9. The molecule has 24 heavy (non-hydrogen) atoms. The first kappa shape index (κ1) is 16.8. The van der Waals surface area contributed by atoms with Crippen LogP contribution in [0.4, 0.5) is 13.2 Å². The molecule has 0 unspecified atom stereocenters. The number of aliphatic hydroxyl groups is 1.